The molecule has 3 aromatic rings. The highest BCUT2D eigenvalue weighted by Gasteiger charge is 2.49. The second-order valence-corrected chi connectivity index (χ2v) is 12.5. The number of nitrogens with zero attached hydrogens (tertiary/aromatic N) is 5. The van der Waals surface area contributed by atoms with Crippen molar-refractivity contribution in [3.05, 3.63) is 47.5 Å². The molecule has 3 aliphatic rings. The van der Waals surface area contributed by atoms with Gasteiger partial charge in [0.15, 0.2) is 17.4 Å². The Morgan fingerprint density at radius 1 is 1.00 bits per heavy atom. The molecule has 0 unspecified atom stereocenters. The monoisotopic (exact) mass is 599 g/mol. The lowest BCUT2D eigenvalue weighted by molar-refractivity contribution is 0.0666. The predicted octanol–water partition coefficient (Wildman–Crippen LogP) is 5.37. The molecule has 1 saturated carbocycles. The Balaban J connectivity index is 1.46. The van der Waals surface area contributed by atoms with Crippen LogP contribution in [0.4, 0.5) is 19.0 Å². The maximum atomic E-state index is 15.5. The van der Waals surface area contributed by atoms with Gasteiger partial charge in [0.1, 0.15) is 29.9 Å². The molecule has 43 heavy (non-hydrogen) atoms. The van der Waals surface area contributed by atoms with Crippen LogP contribution < -0.4 is 19.1 Å². The van der Waals surface area contributed by atoms with Crippen molar-refractivity contribution in [1.82, 2.24) is 19.8 Å². The Morgan fingerprint density at radius 2 is 1.77 bits per heavy atom. The minimum absolute atomic E-state index is 0.0224. The largest absolute Gasteiger partial charge is 0.497 e. The van der Waals surface area contributed by atoms with E-state index in [1.165, 1.54) is 7.11 Å². The first-order valence-electron chi connectivity index (χ1n) is 15.0. The highest BCUT2D eigenvalue weighted by atomic mass is 19.1. The molecule has 232 valence electrons. The van der Waals surface area contributed by atoms with Gasteiger partial charge in [-0.25, -0.2) is 13.2 Å². The van der Waals surface area contributed by atoms with Crippen LogP contribution in [0.3, 0.4) is 0 Å². The molecule has 11 heteroatoms. The number of ether oxygens (including phenoxy) is 3. The van der Waals surface area contributed by atoms with Gasteiger partial charge >= 0.3 is 6.01 Å². The average molecular weight is 600 g/mol. The lowest BCUT2D eigenvalue weighted by Crippen LogP contribution is -2.57. The summed E-state index contributed by atoms with van der Waals surface area (Å²) in [5.41, 5.74) is 0.314. The molecule has 2 atom stereocenters. The van der Waals surface area contributed by atoms with Gasteiger partial charge in [0, 0.05) is 37.7 Å². The average Bonchev–Trinajstić information content (AvgIpc) is 3.49. The normalized spacial score (nSPS) is 22.9. The Morgan fingerprint density at radius 3 is 2.42 bits per heavy atom. The molecular weight excluding hydrogens is 559 g/mol. The summed E-state index contributed by atoms with van der Waals surface area (Å²) in [6.07, 6.45) is 4.31. The molecule has 0 bridgehead atoms. The molecule has 2 aliphatic heterocycles. The fourth-order valence-corrected chi connectivity index (χ4v) is 7.16. The van der Waals surface area contributed by atoms with Crippen molar-refractivity contribution in [2.75, 3.05) is 59.5 Å². The lowest BCUT2D eigenvalue weighted by Gasteiger charge is -2.50. The molecular formula is C32H40F3N5O3. The van der Waals surface area contributed by atoms with Crippen LogP contribution in [-0.4, -0.2) is 91.6 Å². The quantitative estimate of drug-likeness (QED) is 0.292. The standard InChI is InChI=1S/C32H40F3N5O3/c1-38(2)31(11-5-12-31)19-39(17-21-7-9-23(41-3)10-8-21)29-26-27(24(34)15-25(35)28(26)42-4)36-30(37-29)43-20-32-13-6-14-40(32)18-22(33)16-32/h7-10,15,22H,5-6,11-14,16-20H2,1-4H3/t22-,32+/m1/s1. The number of anilines is 1. The van der Waals surface area contributed by atoms with Gasteiger partial charge < -0.3 is 24.0 Å². The van der Waals surface area contributed by atoms with Crippen LogP contribution in [-0.2, 0) is 6.54 Å². The van der Waals surface area contributed by atoms with Crippen molar-refractivity contribution >= 4 is 16.7 Å². The maximum absolute atomic E-state index is 15.5. The molecule has 1 aromatic heterocycles. The summed E-state index contributed by atoms with van der Waals surface area (Å²) in [6.45, 7) is 2.37. The van der Waals surface area contributed by atoms with E-state index in [0.717, 1.165) is 56.0 Å². The van der Waals surface area contributed by atoms with E-state index >= 15 is 8.78 Å². The summed E-state index contributed by atoms with van der Waals surface area (Å²) in [6, 6.07) is 8.47. The first-order chi connectivity index (χ1) is 20.7. The van der Waals surface area contributed by atoms with Gasteiger partial charge in [-0.15, -0.1) is 0 Å². The van der Waals surface area contributed by atoms with E-state index in [1.54, 1.807) is 7.11 Å². The Labute approximate surface area is 250 Å². The highest BCUT2D eigenvalue weighted by molar-refractivity contribution is 5.96. The number of benzene rings is 2. The van der Waals surface area contributed by atoms with E-state index in [1.807, 2.05) is 29.2 Å². The van der Waals surface area contributed by atoms with Crippen molar-refractivity contribution in [2.24, 2.45) is 0 Å². The summed E-state index contributed by atoms with van der Waals surface area (Å²) in [7, 11) is 7.09. The molecule has 1 aliphatic carbocycles. The summed E-state index contributed by atoms with van der Waals surface area (Å²) in [4.78, 5) is 15.7. The van der Waals surface area contributed by atoms with Crippen molar-refractivity contribution in [1.29, 1.82) is 0 Å². The molecule has 0 amide bonds. The molecule has 8 nitrogen and oxygen atoms in total. The van der Waals surface area contributed by atoms with Gasteiger partial charge in [0.25, 0.3) is 0 Å². The van der Waals surface area contributed by atoms with E-state index in [4.69, 9.17) is 19.2 Å². The minimum atomic E-state index is -0.911. The van der Waals surface area contributed by atoms with Crippen molar-refractivity contribution in [3.8, 4) is 17.5 Å². The van der Waals surface area contributed by atoms with E-state index < -0.39 is 23.3 Å². The van der Waals surface area contributed by atoms with Crippen LogP contribution in [0, 0.1) is 11.6 Å². The Kier molecular flexibility index (Phi) is 8.06. The summed E-state index contributed by atoms with van der Waals surface area (Å²) >= 11 is 0. The van der Waals surface area contributed by atoms with Crippen LogP contribution in [0.1, 0.15) is 44.1 Å². The van der Waals surface area contributed by atoms with Gasteiger partial charge in [-0.1, -0.05) is 12.1 Å². The van der Waals surface area contributed by atoms with E-state index in [2.05, 4.69) is 28.9 Å². The zero-order valence-corrected chi connectivity index (χ0v) is 25.3. The van der Waals surface area contributed by atoms with Gasteiger partial charge in [0.2, 0.25) is 0 Å². The smallest absolute Gasteiger partial charge is 0.319 e. The molecule has 3 heterocycles. The van der Waals surface area contributed by atoms with Crippen molar-refractivity contribution in [3.63, 3.8) is 0 Å². The summed E-state index contributed by atoms with van der Waals surface area (Å²) in [5, 5.41) is 0.152. The van der Waals surface area contributed by atoms with Gasteiger partial charge in [0.05, 0.1) is 25.1 Å². The zero-order valence-electron chi connectivity index (χ0n) is 25.3. The number of halogens is 3. The van der Waals surface area contributed by atoms with Crippen molar-refractivity contribution in [2.45, 2.75) is 62.3 Å². The number of hydrogen-bond donors (Lipinski definition) is 0. The summed E-state index contributed by atoms with van der Waals surface area (Å²) < 4.78 is 62.2. The topological polar surface area (TPSA) is 63.2 Å². The number of hydrogen-bond acceptors (Lipinski definition) is 8. The van der Waals surface area contributed by atoms with Gasteiger partial charge in [-0.05, 0) is 70.4 Å². The van der Waals surface area contributed by atoms with E-state index in [-0.39, 0.29) is 34.8 Å². The zero-order chi connectivity index (χ0) is 30.4. The third-order valence-corrected chi connectivity index (χ3v) is 9.78. The molecule has 6 rings (SSSR count). The summed E-state index contributed by atoms with van der Waals surface area (Å²) in [5.74, 6) is -0.725. The first kappa shape index (κ1) is 29.7. The minimum Gasteiger partial charge on any atom is -0.497 e. The number of alkyl halides is 1. The molecule has 0 spiro atoms. The van der Waals surface area contributed by atoms with Crippen LogP contribution in [0.15, 0.2) is 30.3 Å². The SMILES string of the molecule is COc1ccc(CN(CC2(N(C)C)CCC2)c2nc(OC[C@@]34CCCN3C[C@H](F)C4)nc3c(F)cc(F)c(OC)c23)cc1. The molecule has 2 aromatic carbocycles. The maximum Gasteiger partial charge on any atom is 0.319 e. The number of fused-ring (bicyclic) bond motifs is 2. The fourth-order valence-electron chi connectivity index (χ4n) is 7.16. The third kappa shape index (κ3) is 5.46. The predicted molar refractivity (Wildman–Crippen MR) is 159 cm³/mol. The Bertz CT molecular complexity index is 1470. The number of aromatic nitrogens is 2. The number of rotatable bonds is 11. The van der Waals surface area contributed by atoms with Crippen molar-refractivity contribution < 1.29 is 27.4 Å². The van der Waals surface area contributed by atoms with Crippen LogP contribution in [0.5, 0.6) is 17.5 Å². The van der Waals surface area contributed by atoms with Crippen LogP contribution >= 0.6 is 0 Å². The molecule has 2 saturated heterocycles. The first-order valence-corrected chi connectivity index (χ1v) is 15.0. The Hall–Kier alpha value is -3.31. The van der Waals surface area contributed by atoms with Crippen LogP contribution in [0.2, 0.25) is 0 Å². The van der Waals surface area contributed by atoms with E-state index in [9.17, 15) is 4.39 Å². The van der Waals surface area contributed by atoms with E-state index in [0.29, 0.717) is 31.9 Å². The highest BCUT2D eigenvalue weighted by Crippen LogP contribution is 2.43. The number of likely N-dealkylation sites (N-methyl/N-ethyl adjacent to an activating group) is 1. The molecule has 3 fully saturated rings. The second-order valence-electron chi connectivity index (χ2n) is 12.5. The third-order valence-electron chi connectivity index (χ3n) is 9.78. The van der Waals surface area contributed by atoms with Crippen LogP contribution in [0.25, 0.3) is 10.9 Å². The van der Waals surface area contributed by atoms with Gasteiger partial charge in [-0.3, -0.25) is 4.90 Å². The second kappa shape index (κ2) is 11.6. The fraction of sp³-hybridized carbons (Fsp3) is 0.562. The molecule has 0 N–H and O–H groups in total. The van der Waals surface area contributed by atoms with Gasteiger partial charge in [-0.2, -0.15) is 9.97 Å². The lowest BCUT2D eigenvalue weighted by atomic mass is 9.75. The number of methoxy groups -OCH3 is 2. The molecule has 0 radical (unpaired) electrons.